The van der Waals surface area contributed by atoms with Crippen molar-refractivity contribution < 1.29 is 28.7 Å². The first-order valence-electron chi connectivity index (χ1n) is 15.1. The first kappa shape index (κ1) is 36.8. The number of ether oxygens (including phenoxy) is 2. The standard InChI is InChI=1S/C30H57N5O6/c1-12-19(6)26(34(9)30(39)25(18(4)5)33-29(38)24(32-8)17(2)3)22(40-10)16-23(36)35-15-13-14-21(35)27(41-11)20(7)28(31)37/h17-22,24-27,32H,12-16H2,1-11H3,(H2,31,37)(H,33,38). The van der Waals surface area contributed by atoms with Gasteiger partial charge in [-0.05, 0) is 37.6 Å². The van der Waals surface area contributed by atoms with Crippen molar-refractivity contribution in [2.24, 2.45) is 29.4 Å². The van der Waals surface area contributed by atoms with Gasteiger partial charge in [0.1, 0.15) is 6.04 Å². The number of methoxy groups -OCH3 is 2. The number of hydrogen-bond donors (Lipinski definition) is 3. The van der Waals surface area contributed by atoms with Crippen LogP contribution in [0.15, 0.2) is 0 Å². The maximum Gasteiger partial charge on any atom is 0.245 e. The molecule has 4 N–H and O–H groups in total. The molecule has 0 aromatic rings. The molecule has 4 amide bonds. The minimum absolute atomic E-state index is 0.0157. The number of likely N-dealkylation sites (tertiary alicyclic amines) is 1. The number of likely N-dealkylation sites (N-methyl/N-ethyl adjacent to an activating group) is 2. The molecule has 0 aromatic heterocycles. The fourth-order valence-corrected chi connectivity index (χ4v) is 6.06. The molecule has 0 bridgehead atoms. The Morgan fingerprint density at radius 2 is 1.59 bits per heavy atom. The lowest BCUT2D eigenvalue weighted by atomic mass is 9.89. The number of primary amides is 1. The van der Waals surface area contributed by atoms with Crippen molar-refractivity contribution in [1.82, 2.24) is 20.4 Å². The van der Waals surface area contributed by atoms with E-state index in [1.54, 1.807) is 37.9 Å². The fraction of sp³-hybridized carbons (Fsp3) is 0.867. The number of carbonyl (C=O) groups is 4. The topological polar surface area (TPSA) is 143 Å². The van der Waals surface area contributed by atoms with Crippen molar-refractivity contribution in [2.45, 2.75) is 111 Å². The molecule has 0 saturated carbocycles. The van der Waals surface area contributed by atoms with Gasteiger partial charge in [-0.1, -0.05) is 54.9 Å². The molecule has 41 heavy (non-hydrogen) atoms. The lowest BCUT2D eigenvalue weighted by molar-refractivity contribution is -0.147. The number of carbonyl (C=O) groups excluding carboxylic acids is 4. The third-order valence-electron chi connectivity index (χ3n) is 8.78. The second kappa shape index (κ2) is 17.0. The molecule has 11 nitrogen and oxygen atoms in total. The van der Waals surface area contributed by atoms with Crippen molar-refractivity contribution in [2.75, 3.05) is 34.9 Å². The maximum absolute atomic E-state index is 13.9. The number of nitrogens with two attached hydrogens (primary N) is 1. The van der Waals surface area contributed by atoms with Gasteiger partial charge in [-0.25, -0.2) is 0 Å². The number of hydrogen-bond acceptors (Lipinski definition) is 7. The molecule has 8 unspecified atom stereocenters. The number of amides is 4. The average molecular weight is 584 g/mol. The third-order valence-corrected chi connectivity index (χ3v) is 8.78. The zero-order valence-electron chi connectivity index (χ0n) is 27.2. The van der Waals surface area contributed by atoms with Crippen LogP contribution in [0.4, 0.5) is 0 Å². The number of rotatable bonds is 17. The van der Waals surface area contributed by atoms with Crippen LogP contribution >= 0.6 is 0 Å². The lowest BCUT2D eigenvalue weighted by Crippen LogP contribution is -2.59. The molecular formula is C30H57N5O6. The second-order valence-corrected chi connectivity index (χ2v) is 12.2. The SMILES string of the molecule is CCC(C)C(C(CC(=O)N1CCCC1C(OC)C(C)C(N)=O)OC)N(C)C(=O)C(NC(=O)C(NC)C(C)C)C(C)C. The largest absolute Gasteiger partial charge is 0.379 e. The van der Waals surface area contributed by atoms with Crippen LogP contribution in [0.1, 0.15) is 74.1 Å². The Morgan fingerprint density at radius 3 is 2.02 bits per heavy atom. The Labute approximate surface area is 247 Å². The van der Waals surface area contributed by atoms with Crippen molar-refractivity contribution in [1.29, 1.82) is 0 Å². The van der Waals surface area contributed by atoms with Gasteiger partial charge in [0.2, 0.25) is 23.6 Å². The monoisotopic (exact) mass is 583 g/mol. The number of nitrogens with one attached hydrogen (secondary N) is 2. The van der Waals surface area contributed by atoms with E-state index in [4.69, 9.17) is 15.2 Å². The summed E-state index contributed by atoms with van der Waals surface area (Å²) < 4.78 is 11.6. The molecular weight excluding hydrogens is 526 g/mol. The van der Waals surface area contributed by atoms with Gasteiger partial charge in [-0.15, -0.1) is 0 Å². The van der Waals surface area contributed by atoms with E-state index in [1.807, 2.05) is 41.5 Å². The van der Waals surface area contributed by atoms with Gasteiger partial charge in [-0.3, -0.25) is 19.2 Å². The second-order valence-electron chi connectivity index (χ2n) is 12.2. The van der Waals surface area contributed by atoms with E-state index in [-0.39, 0.29) is 47.9 Å². The Morgan fingerprint density at radius 1 is 1.00 bits per heavy atom. The summed E-state index contributed by atoms with van der Waals surface area (Å²) in [4.78, 5) is 56.0. The first-order chi connectivity index (χ1) is 19.2. The van der Waals surface area contributed by atoms with E-state index in [1.165, 1.54) is 7.11 Å². The zero-order valence-corrected chi connectivity index (χ0v) is 27.2. The highest BCUT2D eigenvalue weighted by atomic mass is 16.5. The molecule has 238 valence electrons. The summed E-state index contributed by atoms with van der Waals surface area (Å²) >= 11 is 0. The van der Waals surface area contributed by atoms with E-state index in [2.05, 4.69) is 10.6 Å². The third kappa shape index (κ3) is 9.38. The van der Waals surface area contributed by atoms with Gasteiger partial charge in [-0.2, -0.15) is 0 Å². The van der Waals surface area contributed by atoms with E-state index in [0.717, 1.165) is 12.8 Å². The Kier molecular flexibility index (Phi) is 15.3. The average Bonchev–Trinajstić information content (AvgIpc) is 3.40. The van der Waals surface area contributed by atoms with E-state index >= 15 is 0 Å². The fourth-order valence-electron chi connectivity index (χ4n) is 6.06. The molecule has 1 heterocycles. The minimum atomic E-state index is -0.734. The molecule has 1 fully saturated rings. The summed E-state index contributed by atoms with van der Waals surface area (Å²) in [6.07, 6.45) is 1.26. The van der Waals surface area contributed by atoms with Crippen molar-refractivity contribution in [3.05, 3.63) is 0 Å². The first-order valence-corrected chi connectivity index (χ1v) is 15.1. The zero-order chi connectivity index (χ0) is 31.6. The highest BCUT2D eigenvalue weighted by Gasteiger charge is 2.42. The quantitative estimate of drug-likeness (QED) is 0.237. The van der Waals surface area contributed by atoms with Crippen LogP contribution in [0, 0.1) is 23.7 Å². The van der Waals surface area contributed by atoms with Crippen LogP contribution in [0.3, 0.4) is 0 Å². The van der Waals surface area contributed by atoms with Crippen LogP contribution in [0.2, 0.25) is 0 Å². The van der Waals surface area contributed by atoms with Gasteiger partial charge in [0.15, 0.2) is 0 Å². The molecule has 1 aliphatic heterocycles. The van der Waals surface area contributed by atoms with Crippen molar-refractivity contribution in [3.8, 4) is 0 Å². The summed E-state index contributed by atoms with van der Waals surface area (Å²) in [6.45, 7) is 14.1. The number of nitrogens with zero attached hydrogens (tertiary/aromatic N) is 2. The van der Waals surface area contributed by atoms with Gasteiger partial charge in [0.25, 0.3) is 0 Å². The highest BCUT2D eigenvalue weighted by Crippen LogP contribution is 2.29. The predicted octanol–water partition coefficient (Wildman–Crippen LogP) is 1.78. The molecule has 0 aliphatic carbocycles. The van der Waals surface area contributed by atoms with Crippen LogP contribution < -0.4 is 16.4 Å². The van der Waals surface area contributed by atoms with Gasteiger partial charge in [0, 0.05) is 27.8 Å². The van der Waals surface area contributed by atoms with Crippen LogP contribution in [0.5, 0.6) is 0 Å². The maximum atomic E-state index is 13.9. The normalized spacial score (nSPS) is 20.7. The van der Waals surface area contributed by atoms with Crippen LogP contribution in [0.25, 0.3) is 0 Å². The molecule has 8 atom stereocenters. The predicted molar refractivity (Wildman–Crippen MR) is 160 cm³/mol. The smallest absolute Gasteiger partial charge is 0.245 e. The van der Waals surface area contributed by atoms with Gasteiger partial charge < -0.3 is 35.6 Å². The lowest BCUT2D eigenvalue weighted by Gasteiger charge is -2.41. The summed E-state index contributed by atoms with van der Waals surface area (Å²) in [5, 5.41) is 6.00. The Balaban J connectivity index is 3.24. The van der Waals surface area contributed by atoms with Gasteiger partial charge >= 0.3 is 0 Å². The Hall–Kier alpha value is -2.24. The molecule has 0 radical (unpaired) electrons. The van der Waals surface area contributed by atoms with Crippen molar-refractivity contribution >= 4 is 23.6 Å². The van der Waals surface area contributed by atoms with E-state index in [9.17, 15) is 19.2 Å². The van der Waals surface area contributed by atoms with Crippen molar-refractivity contribution in [3.63, 3.8) is 0 Å². The summed E-state index contributed by atoms with van der Waals surface area (Å²) in [7, 11) is 6.55. The molecule has 11 heteroatoms. The van der Waals surface area contributed by atoms with Crippen LogP contribution in [-0.2, 0) is 28.7 Å². The Bertz CT molecular complexity index is 868. The summed E-state index contributed by atoms with van der Waals surface area (Å²) in [5.74, 6) is -1.66. The minimum Gasteiger partial charge on any atom is -0.379 e. The molecule has 1 rings (SSSR count). The molecule has 0 spiro atoms. The molecule has 0 aromatic carbocycles. The molecule has 1 aliphatic rings. The van der Waals surface area contributed by atoms with Gasteiger partial charge in [0.05, 0.1) is 42.7 Å². The highest BCUT2D eigenvalue weighted by molar-refractivity contribution is 5.90. The molecule has 1 saturated heterocycles. The van der Waals surface area contributed by atoms with E-state index in [0.29, 0.717) is 13.0 Å². The van der Waals surface area contributed by atoms with E-state index < -0.39 is 42.2 Å². The summed E-state index contributed by atoms with van der Waals surface area (Å²) in [5.41, 5.74) is 5.56. The summed E-state index contributed by atoms with van der Waals surface area (Å²) in [6, 6.07) is -1.84. The van der Waals surface area contributed by atoms with Crippen LogP contribution in [-0.4, -0.2) is 105 Å².